The van der Waals surface area contributed by atoms with E-state index in [4.69, 9.17) is 0 Å². The number of hydrogen-bond acceptors (Lipinski definition) is 2. The molecule has 2 aliphatic rings. The number of carbonyl (C=O) groups is 2. The molecule has 4 nitrogen and oxygen atoms in total. The number of amides is 2. The first-order valence-electron chi connectivity index (χ1n) is 7.46. The maximum absolute atomic E-state index is 12.7. The molecular weight excluding hydrogens is 252 g/mol. The van der Waals surface area contributed by atoms with E-state index >= 15 is 0 Å². The van der Waals surface area contributed by atoms with Gasteiger partial charge in [0.25, 0.3) is 0 Å². The first kappa shape index (κ1) is 13.2. The second kappa shape index (κ2) is 5.65. The molecule has 0 radical (unpaired) electrons. The summed E-state index contributed by atoms with van der Waals surface area (Å²) in [5.41, 5.74) is 1.46. The largest absolute Gasteiger partial charge is 0.324 e. The van der Waals surface area contributed by atoms with Crippen molar-refractivity contribution < 1.29 is 9.59 Å². The predicted molar refractivity (Wildman–Crippen MR) is 78.2 cm³/mol. The van der Waals surface area contributed by atoms with Gasteiger partial charge in [0.05, 0.1) is 5.69 Å². The number of rotatable bonds is 0. The van der Waals surface area contributed by atoms with Gasteiger partial charge in [0.15, 0.2) is 5.78 Å². The summed E-state index contributed by atoms with van der Waals surface area (Å²) >= 11 is 0. The summed E-state index contributed by atoms with van der Waals surface area (Å²) in [7, 11) is 0. The minimum absolute atomic E-state index is 0.0619. The number of carbonyl (C=O) groups excluding carboxylic acids is 2. The highest BCUT2D eigenvalue weighted by Crippen LogP contribution is 2.28. The lowest BCUT2D eigenvalue weighted by molar-refractivity contribution is 0.0980. The fourth-order valence-corrected chi connectivity index (χ4v) is 3.04. The van der Waals surface area contributed by atoms with Gasteiger partial charge >= 0.3 is 6.03 Å². The van der Waals surface area contributed by atoms with E-state index in [1.165, 1.54) is 12.8 Å². The van der Waals surface area contributed by atoms with E-state index < -0.39 is 0 Å². The molecule has 1 aromatic carbocycles. The predicted octanol–water partition coefficient (Wildman–Crippen LogP) is 3.08. The van der Waals surface area contributed by atoms with Crippen LogP contribution in [0.5, 0.6) is 0 Å². The summed E-state index contributed by atoms with van der Waals surface area (Å²) in [6.45, 7) is 2.18. The van der Waals surface area contributed by atoms with Gasteiger partial charge < -0.3 is 4.90 Å². The molecular formula is C16H20N2O2. The number of Topliss-reactive ketones (excluding diaryl/α,β-unsaturated/α-hetero) is 1. The Morgan fingerprint density at radius 2 is 1.65 bits per heavy atom. The maximum Gasteiger partial charge on any atom is 0.324 e. The molecule has 1 fully saturated rings. The highest BCUT2D eigenvalue weighted by atomic mass is 16.2. The van der Waals surface area contributed by atoms with Crippen LogP contribution in [0, 0.1) is 0 Å². The van der Waals surface area contributed by atoms with Crippen molar-refractivity contribution in [2.24, 2.45) is 0 Å². The Labute approximate surface area is 119 Å². The summed E-state index contributed by atoms with van der Waals surface area (Å²) in [6, 6.07) is 7.50. The molecule has 20 heavy (non-hydrogen) atoms. The van der Waals surface area contributed by atoms with Crippen LogP contribution in [0.2, 0.25) is 0 Å². The molecule has 1 saturated heterocycles. The third-order valence-corrected chi connectivity index (χ3v) is 4.17. The van der Waals surface area contributed by atoms with Gasteiger partial charge in [-0.2, -0.15) is 0 Å². The van der Waals surface area contributed by atoms with Crippen molar-refractivity contribution in [2.45, 2.75) is 32.1 Å². The van der Waals surface area contributed by atoms with E-state index in [-0.39, 0.29) is 11.8 Å². The van der Waals surface area contributed by atoms with E-state index in [0.29, 0.717) is 18.5 Å². The van der Waals surface area contributed by atoms with Gasteiger partial charge in [-0.25, -0.2) is 4.79 Å². The lowest BCUT2D eigenvalue weighted by Gasteiger charge is -2.33. The number of ketones is 1. The average Bonchev–Trinajstić information content (AvgIpc) is 2.76. The summed E-state index contributed by atoms with van der Waals surface area (Å²) < 4.78 is 0. The summed E-state index contributed by atoms with van der Waals surface area (Å²) in [5.74, 6) is 0.139. The Bertz CT molecular complexity index is 519. The Morgan fingerprint density at radius 1 is 0.950 bits per heavy atom. The van der Waals surface area contributed by atoms with Crippen LogP contribution in [-0.4, -0.2) is 36.3 Å². The van der Waals surface area contributed by atoms with Crippen molar-refractivity contribution in [1.29, 1.82) is 0 Å². The first-order chi connectivity index (χ1) is 9.77. The summed E-state index contributed by atoms with van der Waals surface area (Å²) in [4.78, 5) is 28.4. The number of hydrogen-bond donors (Lipinski definition) is 0. The molecule has 106 valence electrons. The number of anilines is 1. The molecule has 0 aliphatic carbocycles. The third kappa shape index (κ3) is 2.42. The molecule has 2 aliphatic heterocycles. The van der Waals surface area contributed by atoms with Crippen LogP contribution >= 0.6 is 0 Å². The Balaban J connectivity index is 1.85. The van der Waals surface area contributed by atoms with Crippen molar-refractivity contribution in [3.8, 4) is 0 Å². The van der Waals surface area contributed by atoms with E-state index in [0.717, 1.165) is 31.6 Å². The molecule has 2 heterocycles. The van der Waals surface area contributed by atoms with Crippen LogP contribution in [0.3, 0.4) is 0 Å². The Kier molecular flexibility index (Phi) is 3.72. The molecule has 1 aromatic rings. The fraction of sp³-hybridized carbons (Fsp3) is 0.500. The second-order valence-corrected chi connectivity index (χ2v) is 5.53. The van der Waals surface area contributed by atoms with Gasteiger partial charge in [-0.05, 0) is 25.0 Å². The van der Waals surface area contributed by atoms with Gasteiger partial charge in [0, 0.05) is 31.6 Å². The van der Waals surface area contributed by atoms with Crippen LogP contribution in [0.4, 0.5) is 10.5 Å². The highest BCUT2D eigenvalue weighted by Gasteiger charge is 2.29. The van der Waals surface area contributed by atoms with E-state index in [1.54, 1.807) is 4.90 Å². The number of fused-ring (bicyclic) bond motifs is 1. The van der Waals surface area contributed by atoms with Crippen LogP contribution in [0.25, 0.3) is 0 Å². The number of para-hydroxylation sites is 1. The van der Waals surface area contributed by atoms with Crippen LogP contribution in [0.15, 0.2) is 24.3 Å². The molecule has 0 bridgehead atoms. The third-order valence-electron chi connectivity index (χ3n) is 4.17. The zero-order valence-corrected chi connectivity index (χ0v) is 11.7. The zero-order valence-electron chi connectivity index (χ0n) is 11.7. The van der Waals surface area contributed by atoms with E-state index in [1.807, 2.05) is 29.2 Å². The molecule has 0 saturated carbocycles. The Hall–Kier alpha value is -1.84. The standard InChI is InChI=1S/C16H20N2O2/c19-15-9-12-18(14-8-4-3-7-13(14)15)16(20)17-10-5-1-2-6-11-17/h3-4,7-8H,1-2,5-6,9-12H2. The highest BCUT2D eigenvalue weighted by molar-refractivity contribution is 6.08. The molecule has 0 unspecified atom stereocenters. The molecule has 0 N–H and O–H groups in total. The quantitative estimate of drug-likeness (QED) is 0.728. The van der Waals surface area contributed by atoms with Crippen molar-refractivity contribution in [3.05, 3.63) is 29.8 Å². The van der Waals surface area contributed by atoms with Crippen molar-refractivity contribution in [2.75, 3.05) is 24.5 Å². The summed E-state index contributed by atoms with van der Waals surface area (Å²) in [5, 5.41) is 0. The zero-order chi connectivity index (χ0) is 13.9. The summed E-state index contributed by atoms with van der Waals surface area (Å²) in [6.07, 6.45) is 5.01. The number of urea groups is 1. The van der Waals surface area contributed by atoms with Gasteiger partial charge in [-0.3, -0.25) is 9.69 Å². The van der Waals surface area contributed by atoms with E-state index in [9.17, 15) is 9.59 Å². The lowest BCUT2D eigenvalue weighted by Crippen LogP contribution is -2.46. The van der Waals surface area contributed by atoms with Gasteiger partial charge in [0.1, 0.15) is 0 Å². The molecule has 3 rings (SSSR count). The first-order valence-corrected chi connectivity index (χ1v) is 7.46. The molecule has 0 aromatic heterocycles. The Morgan fingerprint density at radius 3 is 2.40 bits per heavy atom. The lowest BCUT2D eigenvalue weighted by atomic mass is 10.0. The molecule has 0 atom stereocenters. The molecule has 0 spiro atoms. The van der Waals surface area contributed by atoms with Gasteiger partial charge in [0.2, 0.25) is 0 Å². The van der Waals surface area contributed by atoms with Crippen LogP contribution in [-0.2, 0) is 0 Å². The monoisotopic (exact) mass is 272 g/mol. The van der Waals surface area contributed by atoms with Crippen molar-refractivity contribution in [3.63, 3.8) is 0 Å². The number of likely N-dealkylation sites (tertiary alicyclic amines) is 1. The molecule has 2 amide bonds. The molecule has 4 heteroatoms. The minimum Gasteiger partial charge on any atom is -0.324 e. The topological polar surface area (TPSA) is 40.6 Å². The van der Waals surface area contributed by atoms with Gasteiger partial charge in [-0.1, -0.05) is 25.0 Å². The number of nitrogens with zero attached hydrogens (tertiary/aromatic N) is 2. The average molecular weight is 272 g/mol. The van der Waals surface area contributed by atoms with Crippen molar-refractivity contribution in [1.82, 2.24) is 4.90 Å². The van der Waals surface area contributed by atoms with E-state index in [2.05, 4.69) is 0 Å². The van der Waals surface area contributed by atoms with Gasteiger partial charge in [-0.15, -0.1) is 0 Å². The van der Waals surface area contributed by atoms with Crippen LogP contribution in [0.1, 0.15) is 42.5 Å². The maximum atomic E-state index is 12.7. The normalized spacial score (nSPS) is 19.5. The van der Waals surface area contributed by atoms with Crippen LogP contribution < -0.4 is 4.90 Å². The number of benzene rings is 1. The fourth-order valence-electron chi connectivity index (χ4n) is 3.04. The van der Waals surface area contributed by atoms with Crippen molar-refractivity contribution >= 4 is 17.5 Å². The minimum atomic E-state index is 0.0619. The smallest absolute Gasteiger partial charge is 0.324 e. The SMILES string of the molecule is O=C1CCN(C(=O)N2CCCCCC2)c2ccccc21. The second-order valence-electron chi connectivity index (χ2n) is 5.53.